The summed E-state index contributed by atoms with van der Waals surface area (Å²) >= 11 is 1.61. The van der Waals surface area contributed by atoms with Gasteiger partial charge < -0.3 is 15.3 Å². The molecule has 0 aromatic carbocycles. The van der Waals surface area contributed by atoms with E-state index in [-0.39, 0.29) is 12.1 Å². The summed E-state index contributed by atoms with van der Waals surface area (Å²) in [7, 11) is 1.74. The van der Waals surface area contributed by atoms with Crippen LogP contribution in [-0.2, 0) is 11.3 Å². The molecule has 1 aromatic rings. The summed E-state index contributed by atoms with van der Waals surface area (Å²) in [4.78, 5) is 26.3. The monoisotopic (exact) mass is 310 g/mol. The molecule has 2 unspecified atom stereocenters. The number of carbonyl (C=O) groups excluding carboxylic acids is 1. The third-order valence-electron chi connectivity index (χ3n) is 3.96. The lowest BCUT2D eigenvalue weighted by atomic mass is 9.95. The minimum Gasteiger partial charge on any atom is -0.481 e. The Balaban J connectivity index is 1.94. The van der Waals surface area contributed by atoms with Crippen molar-refractivity contribution in [3.8, 4) is 0 Å². The number of rotatable bonds is 4. The van der Waals surface area contributed by atoms with Gasteiger partial charge in [0.05, 0.1) is 12.5 Å². The van der Waals surface area contributed by atoms with Gasteiger partial charge in [0.1, 0.15) is 0 Å². The van der Waals surface area contributed by atoms with E-state index in [9.17, 15) is 14.7 Å². The van der Waals surface area contributed by atoms with Crippen LogP contribution in [0.15, 0.2) is 17.5 Å². The van der Waals surface area contributed by atoms with Crippen LogP contribution >= 0.6 is 11.3 Å². The number of carboxylic acids is 1. The highest BCUT2D eigenvalue weighted by molar-refractivity contribution is 7.09. The number of aliphatic carboxylic acids is 1. The predicted molar refractivity (Wildman–Crippen MR) is 82.3 cm³/mol. The molecule has 0 saturated heterocycles. The molecule has 0 bridgehead atoms. The van der Waals surface area contributed by atoms with E-state index in [0.717, 1.165) is 30.6 Å². The molecule has 0 radical (unpaired) electrons. The van der Waals surface area contributed by atoms with Gasteiger partial charge in [-0.25, -0.2) is 4.79 Å². The molecule has 1 heterocycles. The number of amides is 2. The van der Waals surface area contributed by atoms with E-state index in [2.05, 4.69) is 5.32 Å². The second-order valence-corrected chi connectivity index (χ2v) is 6.61. The van der Waals surface area contributed by atoms with Gasteiger partial charge in [-0.3, -0.25) is 4.79 Å². The Labute approximate surface area is 129 Å². The molecule has 21 heavy (non-hydrogen) atoms. The summed E-state index contributed by atoms with van der Waals surface area (Å²) < 4.78 is 0. The fraction of sp³-hybridized carbons (Fsp3) is 0.600. The Bertz CT molecular complexity index is 475. The third kappa shape index (κ3) is 4.46. The van der Waals surface area contributed by atoms with Gasteiger partial charge in [-0.15, -0.1) is 11.3 Å². The molecule has 2 N–H and O–H groups in total. The highest BCUT2D eigenvalue weighted by Crippen LogP contribution is 2.24. The second kappa shape index (κ2) is 7.45. The number of hydrogen-bond acceptors (Lipinski definition) is 3. The van der Waals surface area contributed by atoms with Gasteiger partial charge in [0.2, 0.25) is 0 Å². The van der Waals surface area contributed by atoms with Gasteiger partial charge in [-0.1, -0.05) is 25.3 Å². The van der Waals surface area contributed by atoms with E-state index < -0.39 is 11.9 Å². The van der Waals surface area contributed by atoms with Crippen molar-refractivity contribution in [1.29, 1.82) is 0 Å². The van der Waals surface area contributed by atoms with Crippen LogP contribution in [0.1, 0.15) is 37.0 Å². The molecule has 5 nitrogen and oxygen atoms in total. The SMILES string of the molecule is CN(Cc1cccs1)C(=O)NC1CCCCCC1C(=O)O. The molecule has 0 spiro atoms. The average Bonchev–Trinajstić information content (AvgIpc) is 2.83. The molecule has 1 fully saturated rings. The van der Waals surface area contributed by atoms with Crippen LogP contribution < -0.4 is 5.32 Å². The first kappa shape index (κ1) is 15.8. The van der Waals surface area contributed by atoms with Gasteiger partial charge >= 0.3 is 12.0 Å². The van der Waals surface area contributed by atoms with Crippen molar-refractivity contribution in [3.05, 3.63) is 22.4 Å². The van der Waals surface area contributed by atoms with E-state index in [1.165, 1.54) is 0 Å². The van der Waals surface area contributed by atoms with Crippen molar-refractivity contribution >= 4 is 23.3 Å². The Morgan fingerprint density at radius 2 is 2.14 bits per heavy atom. The molecule has 1 aromatic heterocycles. The standard InChI is InChI=1S/C15H22N2O3S/c1-17(10-11-6-5-9-21-11)15(20)16-13-8-4-2-3-7-12(13)14(18)19/h5-6,9,12-13H,2-4,7-8,10H2,1H3,(H,16,20)(H,18,19). The van der Waals surface area contributed by atoms with Gasteiger partial charge in [-0.05, 0) is 24.3 Å². The van der Waals surface area contributed by atoms with Crippen molar-refractivity contribution < 1.29 is 14.7 Å². The number of nitrogens with zero attached hydrogens (tertiary/aromatic N) is 1. The van der Waals surface area contributed by atoms with E-state index in [4.69, 9.17) is 0 Å². The first-order chi connectivity index (χ1) is 10.1. The van der Waals surface area contributed by atoms with Gasteiger partial charge in [0.15, 0.2) is 0 Å². The summed E-state index contributed by atoms with van der Waals surface area (Å²) in [6.07, 6.45) is 4.34. The summed E-state index contributed by atoms with van der Waals surface area (Å²) in [5.41, 5.74) is 0. The second-order valence-electron chi connectivity index (χ2n) is 5.57. The zero-order valence-corrected chi connectivity index (χ0v) is 13.1. The Morgan fingerprint density at radius 3 is 2.81 bits per heavy atom. The lowest BCUT2D eigenvalue weighted by Gasteiger charge is -2.26. The molecule has 2 amide bonds. The first-order valence-electron chi connectivity index (χ1n) is 7.34. The minimum atomic E-state index is -0.803. The zero-order valence-electron chi connectivity index (χ0n) is 12.2. The van der Waals surface area contributed by atoms with Crippen LogP contribution in [-0.4, -0.2) is 35.1 Å². The molecule has 1 saturated carbocycles. The smallest absolute Gasteiger partial charge is 0.317 e. The summed E-state index contributed by atoms with van der Waals surface area (Å²) in [6.45, 7) is 0.550. The topological polar surface area (TPSA) is 69.6 Å². The van der Waals surface area contributed by atoms with E-state index in [1.807, 2.05) is 17.5 Å². The highest BCUT2D eigenvalue weighted by atomic mass is 32.1. The number of hydrogen-bond donors (Lipinski definition) is 2. The fourth-order valence-electron chi connectivity index (χ4n) is 2.75. The number of carbonyl (C=O) groups is 2. The van der Waals surface area contributed by atoms with Gasteiger partial charge in [0.25, 0.3) is 0 Å². The summed E-state index contributed by atoms with van der Waals surface area (Å²) in [5, 5.41) is 14.2. The van der Waals surface area contributed by atoms with Crippen molar-refractivity contribution in [2.45, 2.75) is 44.7 Å². The van der Waals surface area contributed by atoms with Crippen molar-refractivity contribution in [2.75, 3.05) is 7.05 Å². The molecule has 6 heteroatoms. The Morgan fingerprint density at radius 1 is 1.38 bits per heavy atom. The molecule has 2 atom stereocenters. The number of carboxylic acid groups (broad SMARTS) is 1. The molecule has 0 aliphatic heterocycles. The lowest BCUT2D eigenvalue weighted by molar-refractivity contribution is -0.142. The van der Waals surface area contributed by atoms with Crippen molar-refractivity contribution in [2.24, 2.45) is 5.92 Å². The predicted octanol–water partition coefficient (Wildman–Crippen LogP) is 2.92. The summed E-state index contributed by atoms with van der Waals surface area (Å²) in [5.74, 6) is -1.27. The maximum Gasteiger partial charge on any atom is 0.317 e. The molecule has 2 rings (SSSR count). The largest absolute Gasteiger partial charge is 0.481 e. The average molecular weight is 310 g/mol. The molecular formula is C15H22N2O3S. The van der Waals surface area contributed by atoms with E-state index in [1.54, 1.807) is 23.3 Å². The first-order valence-corrected chi connectivity index (χ1v) is 8.22. The molecular weight excluding hydrogens is 288 g/mol. The maximum absolute atomic E-state index is 12.2. The van der Waals surface area contributed by atoms with Crippen LogP contribution in [0.25, 0.3) is 0 Å². The van der Waals surface area contributed by atoms with Gasteiger partial charge in [0, 0.05) is 18.0 Å². The van der Waals surface area contributed by atoms with Crippen LogP contribution in [0, 0.1) is 5.92 Å². The Kier molecular flexibility index (Phi) is 5.61. The Hall–Kier alpha value is -1.56. The normalized spacial score (nSPS) is 22.3. The number of thiophene rings is 1. The van der Waals surface area contributed by atoms with Crippen LogP contribution in [0.3, 0.4) is 0 Å². The number of urea groups is 1. The van der Waals surface area contributed by atoms with Crippen molar-refractivity contribution in [3.63, 3.8) is 0 Å². The number of nitrogens with one attached hydrogen (secondary N) is 1. The van der Waals surface area contributed by atoms with E-state index in [0.29, 0.717) is 13.0 Å². The van der Waals surface area contributed by atoms with E-state index >= 15 is 0 Å². The molecule has 116 valence electrons. The molecule has 1 aliphatic carbocycles. The van der Waals surface area contributed by atoms with Crippen LogP contribution in [0.5, 0.6) is 0 Å². The molecule has 1 aliphatic rings. The summed E-state index contributed by atoms with van der Waals surface area (Å²) in [6, 6.07) is 3.49. The fourth-order valence-corrected chi connectivity index (χ4v) is 3.51. The zero-order chi connectivity index (χ0) is 15.2. The van der Waals surface area contributed by atoms with Crippen LogP contribution in [0.2, 0.25) is 0 Å². The van der Waals surface area contributed by atoms with Crippen molar-refractivity contribution in [1.82, 2.24) is 10.2 Å². The van der Waals surface area contributed by atoms with Gasteiger partial charge in [-0.2, -0.15) is 0 Å². The third-order valence-corrected chi connectivity index (χ3v) is 4.82. The maximum atomic E-state index is 12.2. The van der Waals surface area contributed by atoms with Crippen LogP contribution in [0.4, 0.5) is 4.79 Å². The quantitative estimate of drug-likeness (QED) is 0.840. The lowest BCUT2D eigenvalue weighted by Crippen LogP contribution is -2.47. The highest BCUT2D eigenvalue weighted by Gasteiger charge is 2.31. The minimum absolute atomic E-state index is 0.193.